The fourth-order valence-electron chi connectivity index (χ4n) is 1.88. The van der Waals surface area contributed by atoms with Crippen LogP contribution in [0.2, 0.25) is 0 Å². The zero-order valence-corrected chi connectivity index (χ0v) is 14.0. The molecular formula is C14H24N2O2S2. The van der Waals surface area contributed by atoms with Crippen LogP contribution in [-0.2, 0) is 16.6 Å². The lowest BCUT2D eigenvalue weighted by atomic mass is 10.1. The summed E-state index contributed by atoms with van der Waals surface area (Å²) >= 11 is 1.57. The Morgan fingerprint density at radius 1 is 1.45 bits per heavy atom. The highest BCUT2D eigenvalue weighted by Gasteiger charge is 2.23. The minimum atomic E-state index is -3.37. The van der Waals surface area contributed by atoms with Crippen LogP contribution in [0, 0.1) is 12.8 Å². The van der Waals surface area contributed by atoms with Gasteiger partial charge in [-0.15, -0.1) is 11.3 Å². The van der Waals surface area contributed by atoms with Gasteiger partial charge in [-0.3, -0.25) is 0 Å². The van der Waals surface area contributed by atoms with Crippen molar-refractivity contribution in [2.75, 3.05) is 6.54 Å². The lowest BCUT2D eigenvalue weighted by molar-refractivity contribution is 0.528. The van der Waals surface area contributed by atoms with Gasteiger partial charge < -0.3 is 5.32 Å². The van der Waals surface area contributed by atoms with Crippen molar-refractivity contribution in [2.24, 2.45) is 5.92 Å². The Morgan fingerprint density at radius 2 is 2.15 bits per heavy atom. The summed E-state index contributed by atoms with van der Waals surface area (Å²) in [6.45, 7) is 7.27. The predicted octanol–water partition coefficient (Wildman–Crippen LogP) is 2.63. The van der Waals surface area contributed by atoms with Crippen LogP contribution in [0.1, 0.15) is 42.9 Å². The maximum absolute atomic E-state index is 12.3. The van der Waals surface area contributed by atoms with Crippen molar-refractivity contribution in [1.82, 2.24) is 10.0 Å². The first-order valence-electron chi connectivity index (χ1n) is 7.24. The molecule has 1 atom stereocenters. The zero-order chi connectivity index (χ0) is 14.8. The maximum atomic E-state index is 12.3. The van der Waals surface area contributed by atoms with E-state index in [0.717, 1.165) is 22.7 Å². The number of nitrogens with one attached hydrogen (secondary N) is 2. The first kappa shape index (κ1) is 15.9. The highest BCUT2D eigenvalue weighted by molar-refractivity contribution is 7.89. The molecular weight excluding hydrogens is 292 g/mol. The summed E-state index contributed by atoms with van der Waals surface area (Å²) in [5, 5.41) is 3.42. The van der Waals surface area contributed by atoms with Gasteiger partial charge in [0.15, 0.2) is 0 Å². The first-order valence-corrected chi connectivity index (χ1v) is 9.54. The molecule has 0 aromatic carbocycles. The van der Waals surface area contributed by atoms with E-state index in [2.05, 4.69) is 17.0 Å². The van der Waals surface area contributed by atoms with E-state index in [0.29, 0.717) is 23.4 Å². The molecule has 6 heteroatoms. The van der Waals surface area contributed by atoms with Crippen molar-refractivity contribution in [3.8, 4) is 0 Å². The number of aryl methyl sites for hydroxylation is 1. The molecule has 1 aromatic rings. The summed E-state index contributed by atoms with van der Waals surface area (Å²) in [4.78, 5) is 2.41. The quantitative estimate of drug-likeness (QED) is 0.775. The molecule has 1 saturated carbocycles. The van der Waals surface area contributed by atoms with Crippen LogP contribution in [0.4, 0.5) is 0 Å². The third-order valence-corrected chi connectivity index (χ3v) is 6.40. The van der Waals surface area contributed by atoms with Gasteiger partial charge in [-0.25, -0.2) is 13.1 Å². The number of sulfonamides is 1. The Kier molecular flexibility index (Phi) is 5.23. The molecule has 0 saturated heterocycles. The second-order valence-corrected chi connectivity index (χ2v) is 8.73. The average Bonchev–Trinajstić information content (AvgIpc) is 3.16. The van der Waals surface area contributed by atoms with Gasteiger partial charge in [-0.05, 0) is 31.7 Å². The number of thiophene rings is 1. The van der Waals surface area contributed by atoms with Gasteiger partial charge in [-0.2, -0.15) is 0 Å². The summed E-state index contributed by atoms with van der Waals surface area (Å²) in [6.07, 6.45) is 3.46. The predicted molar refractivity (Wildman–Crippen MR) is 83.6 cm³/mol. The van der Waals surface area contributed by atoms with E-state index in [4.69, 9.17) is 0 Å². The fourth-order valence-corrected chi connectivity index (χ4v) is 4.63. The Bertz CT molecular complexity index is 548. The van der Waals surface area contributed by atoms with Crippen molar-refractivity contribution >= 4 is 21.4 Å². The van der Waals surface area contributed by atoms with E-state index in [1.54, 1.807) is 11.3 Å². The monoisotopic (exact) mass is 316 g/mol. The maximum Gasteiger partial charge on any atom is 0.241 e. The molecule has 0 spiro atoms. The number of hydrogen-bond acceptors (Lipinski definition) is 4. The minimum Gasteiger partial charge on any atom is -0.309 e. The molecule has 1 unspecified atom stereocenters. The highest BCUT2D eigenvalue weighted by Crippen LogP contribution is 2.27. The highest BCUT2D eigenvalue weighted by atomic mass is 32.2. The van der Waals surface area contributed by atoms with Gasteiger partial charge in [-0.1, -0.05) is 20.3 Å². The van der Waals surface area contributed by atoms with Gasteiger partial charge in [0, 0.05) is 28.9 Å². The zero-order valence-electron chi connectivity index (χ0n) is 12.4. The molecule has 2 N–H and O–H groups in total. The second kappa shape index (κ2) is 6.56. The molecule has 2 rings (SSSR count). The lowest BCUT2D eigenvalue weighted by Gasteiger charge is -2.10. The smallest absolute Gasteiger partial charge is 0.241 e. The summed E-state index contributed by atoms with van der Waals surface area (Å²) in [7, 11) is -3.37. The molecule has 0 radical (unpaired) electrons. The van der Waals surface area contributed by atoms with E-state index in [-0.39, 0.29) is 0 Å². The molecule has 20 heavy (non-hydrogen) atoms. The molecule has 0 aliphatic heterocycles. The van der Waals surface area contributed by atoms with E-state index in [1.165, 1.54) is 12.8 Å². The van der Waals surface area contributed by atoms with E-state index in [1.807, 2.05) is 19.9 Å². The molecule has 114 valence electrons. The lowest BCUT2D eigenvalue weighted by Crippen LogP contribution is -2.28. The van der Waals surface area contributed by atoms with Gasteiger partial charge in [0.1, 0.15) is 0 Å². The van der Waals surface area contributed by atoms with Crippen LogP contribution in [-0.4, -0.2) is 21.0 Å². The Labute approximate surface area is 126 Å². The van der Waals surface area contributed by atoms with E-state index < -0.39 is 10.0 Å². The molecule has 0 amide bonds. The van der Waals surface area contributed by atoms with Gasteiger partial charge in [0.25, 0.3) is 0 Å². The molecule has 1 aromatic heterocycles. The summed E-state index contributed by atoms with van der Waals surface area (Å²) in [6, 6.07) is 2.45. The minimum absolute atomic E-state index is 0.361. The van der Waals surface area contributed by atoms with Crippen LogP contribution < -0.4 is 10.0 Å². The molecule has 0 bridgehead atoms. The number of rotatable bonds is 8. The Morgan fingerprint density at radius 3 is 2.75 bits per heavy atom. The van der Waals surface area contributed by atoms with Crippen LogP contribution in [0.25, 0.3) is 0 Å². The van der Waals surface area contributed by atoms with Crippen LogP contribution in [0.15, 0.2) is 11.0 Å². The SMILES string of the molecule is CCC(C)CNS(=O)(=O)c1cc(CNC2CC2)sc1C. The van der Waals surface area contributed by atoms with Gasteiger partial charge in [0.05, 0.1) is 4.90 Å². The topological polar surface area (TPSA) is 58.2 Å². The normalized spacial score (nSPS) is 17.4. The van der Waals surface area contributed by atoms with Crippen molar-refractivity contribution in [2.45, 2.75) is 57.5 Å². The molecule has 1 fully saturated rings. The average molecular weight is 316 g/mol. The van der Waals surface area contributed by atoms with Crippen molar-refractivity contribution < 1.29 is 8.42 Å². The van der Waals surface area contributed by atoms with Crippen molar-refractivity contribution in [3.05, 3.63) is 15.8 Å². The first-order chi connectivity index (χ1) is 9.42. The van der Waals surface area contributed by atoms with Gasteiger partial charge in [0.2, 0.25) is 10.0 Å². The van der Waals surface area contributed by atoms with Crippen molar-refractivity contribution in [1.29, 1.82) is 0 Å². The molecule has 4 nitrogen and oxygen atoms in total. The molecule has 1 aliphatic carbocycles. The summed E-state index contributed by atoms with van der Waals surface area (Å²) < 4.78 is 27.3. The van der Waals surface area contributed by atoms with Crippen LogP contribution in [0.5, 0.6) is 0 Å². The second-order valence-electron chi connectivity index (χ2n) is 5.65. The largest absolute Gasteiger partial charge is 0.309 e. The van der Waals surface area contributed by atoms with Crippen LogP contribution >= 0.6 is 11.3 Å². The number of hydrogen-bond donors (Lipinski definition) is 2. The Hall–Kier alpha value is -0.430. The fraction of sp³-hybridized carbons (Fsp3) is 0.714. The standard InChI is InChI=1S/C14H24N2O2S2/c1-4-10(2)8-16-20(17,18)14-7-13(19-11(14)3)9-15-12-5-6-12/h7,10,12,15-16H,4-6,8-9H2,1-3H3. The van der Waals surface area contributed by atoms with Crippen molar-refractivity contribution in [3.63, 3.8) is 0 Å². The van der Waals surface area contributed by atoms with E-state index in [9.17, 15) is 8.42 Å². The van der Waals surface area contributed by atoms with Crippen LogP contribution in [0.3, 0.4) is 0 Å². The Balaban J connectivity index is 2.01. The molecule has 1 heterocycles. The molecule has 1 aliphatic rings. The van der Waals surface area contributed by atoms with E-state index >= 15 is 0 Å². The van der Waals surface area contributed by atoms with Gasteiger partial charge >= 0.3 is 0 Å². The third kappa shape index (κ3) is 4.28. The summed E-state index contributed by atoms with van der Waals surface area (Å²) in [5.41, 5.74) is 0. The summed E-state index contributed by atoms with van der Waals surface area (Å²) in [5.74, 6) is 0.361. The third-order valence-electron chi connectivity index (χ3n) is 3.67.